The van der Waals surface area contributed by atoms with Crippen LogP contribution in [0.3, 0.4) is 0 Å². The third kappa shape index (κ3) is 4.62. The fourth-order valence-corrected chi connectivity index (χ4v) is 3.57. The Hall–Kier alpha value is -2.60. The van der Waals surface area contributed by atoms with Crippen LogP contribution >= 0.6 is 11.8 Å². The summed E-state index contributed by atoms with van der Waals surface area (Å²) in [7, 11) is 1.93. The predicted molar refractivity (Wildman–Crippen MR) is 116 cm³/mol. The van der Waals surface area contributed by atoms with E-state index >= 15 is 0 Å². The van der Waals surface area contributed by atoms with Gasteiger partial charge in [-0.2, -0.15) is 0 Å². The number of nitrogens with one attached hydrogen (secondary N) is 1. The maximum Gasteiger partial charge on any atom is 0.234 e. The number of aromatic nitrogens is 3. The van der Waals surface area contributed by atoms with E-state index in [4.69, 9.17) is 0 Å². The van der Waals surface area contributed by atoms with Crippen LogP contribution in [0.4, 0.5) is 5.69 Å². The first-order chi connectivity index (χ1) is 13.3. The second-order valence-electron chi connectivity index (χ2n) is 7.28. The van der Waals surface area contributed by atoms with E-state index in [-0.39, 0.29) is 11.7 Å². The molecule has 0 unspecified atom stereocenters. The van der Waals surface area contributed by atoms with Crippen LogP contribution < -0.4 is 5.32 Å². The number of benzene rings is 2. The number of hydrogen-bond donors (Lipinski definition) is 1. The zero-order valence-electron chi connectivity index (χ0n) is 17.0. The van der Waals surface area contributed by atoms with E-state index in [0.717, 1.165) is 27.8 Å². The number of amides is 1. The first-order valence-electron chi connectivity index (χ1n) is 9.34. The van der Waals surface area contributed by atoms with Crippen LogP contribution in [0, 0.1) is 13.8 Å². The van der Waals surface area contributed by atoms with Crippen LogP contribution in [-0.2, 0) is 11.8 Å². The number of thioether (sulfide) groups is 1. The second kappa shape index (κ2) is 8.61. The first-order valence-corrected chi connectivity index (χ1v) is 10.3. The van der Waals surface area contributed by atoms with Crippen molar-refractivity contribution in [1.82, 2.24) is 14.8 Å². The fourth-order valence-electron chi connectivity index (χ4n) is 2.86. The zero-order chi connectivity index (χ0) is 20.3. The molecule has 0 aliphatic carbocycles. The SMILES string of the molecule is Cc1ccc(NC(=O)CSc2nnc(-c3ccc(C(C)C)cc3)n2C)cc1C. The molecule has 5 nitrogen and oxygen atoms in total. The fraction of sp³-hybridized carbons (Fsp3) is 0.318. The van der Waals surface area contributed by atoms with E-state index in [1.807, 2.05) is 36.7 Å². The maximum absolute atomic E-state index is 12.3. The van der Waals surface area contributed by atoms with Crippen molar-refractivity contribution < 1.29 is 4.79 Å². The summed E-state index contributed by atoms with van der Waals surface area (Å²) in [5.41, 5.74) is 5.50. The van der Waals surface area contributed by atoms with Crippen LogP contribution in [0.25, 0.3) is 11.4 Å². The quantitative estimate of drug-likeness (QED) is 0.601. The van der Waals surface area contributed by atoms with Crippen LogP contribution in [0.1, 0.15) is 36.5 Å². The molecule has 1 amide bonds. The number of carbonyl (C=O) groups excluding carboxylic acids is 1. The van der Waals surface area contributed by atoms with Crippen molar-refractivity contribution in [1.29, 1.82) is 0 Å². The molecule has 0 aliphatic rings. The summed E-state index contributed by atoms with van der Waals surface area (Å²) < 4.78 is 1.93. The number of rotatable bonds is 6. The highest BCUT2D eigenvalue weighted by Crippen LogP contribution is 2.25. The molecule has 3 aromatic rings. The number of hydrogen-bond acceptors (Lipinski definition) is 4. The molecule has 1 aromatic heterocycles. The highest BCUT2D eigenvalue weighted by Gasteiger charge is 2.13. The van der Waals surface area contributed by atoms with Crippen molar-refractivity contribution in [2.24, 2.45) is 7.05 Å². The summed E-state index contributed by atoms with van der Waals surface area (Å²) in [6.07, 6.45) is 0. The third-order valence-corrected chi connectivity index (χ3v) is 5.81. The first kappa shape index (κ1) is 20.1. The molecule has 6 heteroatoms. The summed E-state index contributed by atoms with van der Waals surface area (Å²) in [5, 5.41) is 12.2. The van der Waals surface area contributed by atoms with Crippen LogP contribution in [0.5, 0.6) is 0 Å². The van der Waals surface area contributed by atoms with E-state index in [1.54, 1.807) is 0 Å². The lowest BCUT2D eigenvalue weighted by Gasteiger charge is -2.08. The Kier molecular flexibility index (Phi) is 6.19. The van der Waals surface area contributed by atoms with E-state index < -0.39 is 0 Å². The monoisotopic (exact) mass is 394 g/mol. The largest absolute Gasteiger partial charge is 0.325 e. The van der Waals surface area contributed by atoms with Gasteiger partial charge in [-0.1, -0.05) is 55.9 Å². The summed E-state index contributed by atoms with van der Waals surface area (Å²) in [6.45, 7) is 8.44. The Labute approximate surface area is 170 Å². The van der Waals surface area contributed by atoms with E-state index in [9.17, 15) is 4.79 Å². The Morgan fingerprint density at radius 1 is 1.07 bits per heavy atom. The Morgan fingerprint density at radius 3 is 2.43 bits per heavy atom. The number of anilines is 1. The molecule has 1 N–H and O–H groups in total. The van der Waals surface area contributed by atoms with Gasteiger partial charge in [0.05, 0.1) is 5.75 Å². The molecule has 3 rings (SSSR count). The van der Waals surface area contributed by atoms with Gasteiger partial charge in [-0.05, 0) is 48.6 Å². The van der Waals surface area contributed by atoms with Crippen molar-refractivity contribution in [3.8, 4) is 11.4 Å². The van der Waals surface area contributed by atoms with Gasteiger partial charge in [0.2, 0.25) is 5.91 Å². The van der Waals surface area contributed by atoms with E-state index in [2.05, 4.69) is 60.6 Å². The lowest BCUT2D eigenvalue weighted by Crippen LogP contribution is -2.14. The standard InChI is InChI=1S/C22H26N4OS/c1-14(2)17-7-9-18(10-8-17)21-24-25-22(26(21)5)28-13-20(27)23-19-11-6-15(3)16(4)12-19/h6-12,14H,13H2,1-5H3,(H,23,27). The minimum Gasteiger partial charge on any atom is -0.325 e. The topological polar surface area (TPSA) is 59.8 Å². The molecule has 0 aliphatic heterocycles. The molecule has 28 heavy (non-hydrogen) atoms. The molecule has 1 heterocycles. The predicted octanol–water partition coefficient (Wildman–Crippen LogP) is 4.95. The number of carbonyl (C=O) groups is 1. The highest BCUT2D eigenvalue weighted by atomic mass is 32.2. The highest BCUT2D eigenvalue weighted by molar-refractivity contribution is 7.99. The second-order valence-corrected chi connectivity index (χ2v) is 8.22. The van der Waals surface area contributed by atoms with Crippen molar-refractivity contribution in [2.45, 2.75) is 38.8 Å². The van der Waals surface area contributed by atoms with Crippen molar-refractivity contribution in [3.05, 3.63) is 59.2 Å². The van der Waals surface area contributed by atoms with Gasteiger partial charge in [0.15, 0.2) is 11.0 Å². The van der Waals surface area contributed by atoms with Gasteiger partial charge >= 0.3 is 0 Å². The zero-order valence-corrected chi connectivity index (χ0v) is 17.8. The number of aryl methyl sites for hydroxylation is 2. The molecular formula is C22H26N4OS. The Balaban J connectivity index is 1.63. The van der Waals surface area contributed by atoms with Crippen LogP contribution in [0.15, 0.2) is 47.6 Å². The lowest BCUT2D eigenvalue weighted by atomic mass is 10.0. The average molecular weight is 395 g/mol. The summed E-state index contributed by atoms with van der Waals surface area (Å²) in [4.78, 5) is 12.3. The lowest BCUT2D eigenvalue weighted by molar-refractivity contribution is -0.113. The van der Waals surface area contributed by atoms with Gasteiger partial charge < -0.3 is 9.88 Å². The van der Waals surface area contributed by atoms with Gasteiger partial charge in [-0.3, -0.25) is 4.79 Å². The molecular weight excluding hydrogens is 368 g/mol. The molecule has 146 valence electrons. The van der Waals surface area contributed by atoms with Crippen molar-refractivity contribution >= 4 is 23.4 Å². The summed E-state index contributed by atoms with van der Waals surface area (Å²) in [5.74, 6) is 1.52. The molecule has 0 atom stereocenters. The normalized spacial score (nSPS) is 11.1. The summed E-state index contributed by atoms with van der Waals surface area (Å²) >= 11 is 1.38. The minimum absolute atomic E-state index is 0.0564. The van der Waals surface area contributed by atoms with Gasteiger partial charge in [-0.15, -0.1) is 10.2 Å². The molecule has 0 fully saturated rings. The Bertz CT molecular complexity index is 977. The average Bonchev–Trinajstić information content (AvgIpc) is 3.03. The number of nitrogens with zero attached hydrogens (tertiary/aromatic N) is 3. The van der Waals surface area contributed by atoms with Gasteiger partial charge in [-0.25, -0.2) is 0 Å². The maximum atomic E-state index is 12.3. The Morgan fingerprint density at radius 2 is 1.79 bits per heavy atom. The van der Waals surface area contributed by atoms with E-state index in [0.29, 0.717) is 5.92 Å². The molecule has 0 spiro atoms. The summed E-state index contributed by atoms with van der Waals surface area (Å²) in [6, 6.07) is 14.3. The van der Waals surface area contributed by atoms with Crippen LogP contribution in [-0.4, -0.2) is 26.4 Å². The van der Waals surface area contributed by atoms with Gasteiger partial charge in [0.25, 0.3) is 0 Å². The third-order valence-electron chi connectivity index (χ3n) is 4.79. The van der Waals surface area contributed by atoms with Gasteiger partial charge in [0, 0.05) is 18.3 Å². The molecule has 0 bridgehead atoms. The molecule has 2 aromatic carbocycles. The minimum atomic E-state index is -0.0564. The molecule has 0 radical (unpaired) electrons. The van der Waals surface area contributed by atoms with Crippen molar-refractivity contribution in [3.63, 3.8) is 0 Å². The van der Waals surface area contributed by atoms with Gasteiger partial charge in [0.1, 0.15) is 0 Å². The smallest absolute Gasteiger partial charge is 0.234 e. The van der Waals surface area contributed by atoms with Crippen LogP contribution in [0.2, 0.25) is 0 Å². The molecule has 0 saturated carbocycles. The van der Waals surface area contributed by atoms with E-state index in [1.165, 1.54) is 22.9 Å². The molecule has 0 saturated heterocycles. The van der Waals surface area contributed by atoms with Crippen molar-refractivity contribution in [2.75, 3.05) is 11.1 Å².